The zero-order chi connectivity index (χ0) is 10.9. The van der Waals surface area contributed by atoms with Crippen LogP contribution in [0.5, 0.6) is 5.75 Å². The van der Waals surface area contributed by atoms with Crippen LogP contribution in [-0.2, 0) is 0 Å². The second-order valence-electron chi connectivity index (χ2n) is 3.41. The van der Waals surface area contributed by atoms with Gasteiger partial charge in [0.05, 0.1) is 5.56 Å². The number of rotatable bonds is 2. The Labute approximate surface area is 91.1 Å². The fourth-order valence-electron chi connectivity index (χ4n) is 1.25. The predicted octanol–water partition coefficient (Wildman–Crippen LogP) is 2.38. The number of amides is 1. The number of primary amides is 1. The molecule has 0 fully saturated rings. The highest BCUT2D eigenvalue weighted by atomic mass is 79.9. The summed E-state index contributed by atoms with van der Waals surface area (Å²) in [5, 5.41) is 9.73. The number of benzene rings is 1. The minimum absolute atomic E-state index is 0.0179. The molecule has 1 aromatic rings. The number of carbonyl (C=O) groups excluding carboxylic acids is 1. The van der Waals surface area contributed by atoms with Crippen LogP contribution in [0.4, 0.5) is 0 Å². The second-order valence-corrected chi connectivity index (χ2v) is 4.33. The van der Waals surface area contributed by atoms with E-state index in [0.29, 0.717) is 5.56 Å². The lowest BCUT2D eigenvalue weighted by Gasteiger charge is -2.11. The summed E-state index contributed by atoms with van der Waals surface area (Å²) >= 11 is 3.26. The molecule has 3 nitrogen and oxygen atoms in total. The summed E-state index contributed by atoms with van der Waals surface area (Å²) in [5.74, 6) is -0.494. The molecular formula is C10H12BrNO2. The molecule has 4 heteroatoms. The molecule has 14 heavy (non-hydrogen) atoms. The van der Waals surface area contributed by atoms with E-state index in [0.717, 1.165) is 4.47 Å². The molecule has 0 radical (unpaired) electrons. The van der Waals surface area contributed by atoms with E-state index in [4.69, 9.17) is 5.73 Å². The third kappa shape index (κ3) is 2.07. The molecule has 0 aliphatic carbocycles. The van der Waals surface area contributed by atoms with Gasteiger partial charge < -0.3 is 10.8 Å². The van der Waals surface area contributed by atoms with Gasteiger partial charge in [-0.1, -0.05) is 29.8 Å². The third-order valence-corrected chi connectivity index (χ3v) is 2.45. The molecule has 1 rings (SSSR count). The molecule has 0 saturated carbocycles. The van der Waals surface area contributed by atoms with E-state index in [9.17, 15) is 9.90 Å². The first-order chi connectivity index (χ1) is 6.43. The van der Waals surface area contributed by atoms with Crippen molar-refractivity contribution in [2.24, 2.45) is 5.73 Å². The molecule has 0 unspecified atom stereocenters. The fraction of sp³-hybridized carbons (Fsp3) is 0.300. The molecule has 0 aromatic heterocycles. The van der Waals surface area contributed by atoms with Crippen LogP contribution in [-0.4, -0.2) is 11.0 Å². The minimum Gasteiger partial charge on any atom is -0.507 e. The summed E-state index contributed by atoms with van der Waals surface area (Å²) in [6, 6.07) is 3.30. The van der Waals surface area contributed by atoms with E-state index in [1.54, 1.807) is 6.07 Å². The van der Waals surface area contributed by atoms with Crippen molar-refractivity contribution < 1.29 is 9.90 Å². The zero-order valence-corrected chi connectivity index (χ0v) is 9.63. The molecule has 0 saturated heterocycles. The van der Waals surface area contributed by atoms with Crippen LogP contribution >= 0.6 is 15.9 Å². The molecule has 76 valence electrons. The number of phenols is 1. The first-order valence-electron chi connectivity index (χ1n) is 4.25. The average molecular weight is 258 g/mol. The van der Waals surface area contributed by atoms with Crippen molar-refractivity contribution in [1.29, 1.82) is 0 Å². The number of carbonyl (C=O) groups is 1. The monoisotopic (exact) mass is 257 g/mol. The number of hydrogen-bond acceptors (Lipinski definition) is 2. The maximum Gasteiger partial charge on any atom is 0.252 e. The van der Waals surface area contributed by atoms with E-state index in [2.05, 4.69) is 15.9 Å². The lowest BCUT2D eigenvalue weighted by molar-refractivity contribution is 0.0997. The molecule has 0 spiro atoms. The Morgan fingerprint density at radius 1 is 1.50 bits per heavy atom. The van der Waals surface area contributed by atoms with Gasteiger partial charge in [0.15, 0.2) is 0 Å². The van der Waals surface area contributed by atoms with Gasteiger partial charge in [-0.05, 0) is 23.6 Å². The van der Waals surface area contributed by atoms with Gasteiger partial charge in [0.1, 0.15) is 5.75 Å². The Hall–Kier alpha value is -1.03. The smallest absolute Gasteiger partial charge is 0.252 e. The van der Waals surface area contributed by atoms with Crippen molar-refractivity contribution in [3.8, 4) is 5.75 Å². The molecule has 0 aliphatic rings. The maximum absolute atomic E-state index is 11.0. The fourth-order valence-corrected chi connectivity index (χ4v) is 1.72. The summed E-state index contributed by atoms with van der Waals surface area (Å²) in [6.07, 6.45) is 0. The summed E-state index contributed by atoms with van der Waals surface area (Å²) < 4.78 is 0.743. The normalized spacial score (nSPS) is 10.6. The quantitative estimate of drug-likeness (QED) is 0.855. The molecule has 1 amide bonds. The SMILES string of the molecule is CC(C)c1cc(Br)cc(C(N)=O)c1O. The van der Waals surface area contributed by atoms with Gasteiger partial charge in [0.2, 0.25) is 0 Å². The second kappa shape index (κ2) is 4.00. The third-order valence-electron chi connectivity index (χ3n) is 1.99. The van der Waals surface area contributed by atoms with Crippen molar-refractivity contribution in [3.63, 3.8) is 0 Å². The first-order valence-corrected chi connectivity index (χ1v) is 5.05. The van der Waals surface area contributed by atoms with E-state index < -0.39 is 5.91 Å². The molecular weight excluding hydrogens is 246 g/mol. The highest BCUT2D eigenvalue weighted by Crippen LogP contribution is 2.32. The lowest BCUT2D eigenvalue weighted by Crippen LogP contribution is -2.12. The first kappa shape index (κ1) is 11.0. The van der Waals surface area contributed by atoms with Gasteiger partial charge >= 0.3 is 0 Å². The van der Waals surface area contributed by atoms with Crippen molar-refractivity contribution in [3.05, 3.63) is 27.7 Å². The topological polar surface area (TPSA) is 63.3 Å². The van der Waals surface area contributed by atoms with Gasteiger partial charge in [-0.3, -0.25) is 4.79 Å². The highest BCUT2D eigenvalue weighted by molar-refractivity contribution is 9.10. The largest absolute Gasteiger partial charge is 0.507 e. The van der Waals surface area contributed by atoms with Gasteiger partial charge in [-0.2, -0.15) is 0 Å². The molecule has 0 heterocycles. The standard InChI is InChI=1S/C10H12BrNO2/c1-5(2)7-3-6(11)4-8(9(7)13)10(12)14/h3-5,13H,1-2H3,(H2,12,14). The Kier molecular flexibility index (Phi) is 3.16. The van der Waals surface area contributed by atoms with Crippen LogP contribution in [0.1, 0.15) is 35.7 Å². The highest BCUT2D eigenvalue weighted by Gasteiger charge is 2.15. The summed E-state index contributed by atoms with van der Waals surface area (Å²) in [5.41, 5.74) is 6.00. The number of aromatic hydroxyl groups is 1. The van der Waals surface area contributed by atoms with Gasteiger partial charge in [0, 0.05) is 4.47 Å². The molecule has 0 aliphatic heterocycles. The number of hydrogen-bond donors (Lipinski definition) is 2. The van der Waals surface area contributed by atoms with E-state index in [1.807, 2.05) is 13.8 Å². The Morgan fingerprint density at radius 2 is 2.07 bits per heavy atom. The van der Waals surface area contributed by atoms with Crippen LogP contribution < -0.4 is 5.73 Å². The van der Waals surface area contributed by atoms with Crippen molar-refractivity contribution in [1.82, 2.24) is 0 Å². The Balaban J connectivity index is 3.40. The maximum atomic E-state index is 11.0. The molecule has 3 N–H and O–H groups in total. The van der Waals surface area contributed by atoms with Crippen LogP contribution in [0.3, 0.4) is 0 Å². The van der Waals surface area contributed by atoms with Crippen LogP contribution in [0.25, 0.3) is 0 Å². The van der Waals surface area contributed by atoms with Crippen molar-refractivity contribution in [2.75, 3.05) is 0 Å². The number of nitrogens with two attached hydrogens (primary N) is 1. The zero-order valence-electron chi connectivity index (χ0n) is 8.04. The van der Waals surface area contributed by atoms with E-state index in [1.165, 1.54) is 6.07 Å². The summed E-state index contributed by atoms with van der Waals surface area (Å²) in [7, 11) is 0. The molecule has 0 bridgehead atoms. The summed E-state index contributed by atoms with van der Waals surface area (Å²) in [6.45, 7) is 3.87. The predicted molar refractivity (Wildman–Crippen MR) is 58.4 cm³/mol. The van der Waals surface area contributed by atoms with Crippen molar-refractivity contribution >= 4 is 21.8 Å². The average Bonchev–Trinajstić information content (AvgIpc) is 2.07. The van der Waals surface area contributed by atoms with Crippen LogP contribution in [0, 0.1) is 0 Å². The Morgan fingerprint density at radius 3 is 2.50 bits per heavy atom. The summed E-state index contributed by atoms with van der Waals surface area (Å²) in [4.78, 5) is 11.0. The van der Waals surface area contributed by atoms with Gasteiger partial charge in [-0.25, -0.2) is 0 Å². The van der Waals surface area contributed by atoms with Crippen LogP contribution in [0.15, 0.2) is 16.6 Å². The molecule has 1 aromatic carbocycles. The minimum atomic E-state index is -0.620. The lowest BCUT2D eigenvalue weighted by atomic mass is 9.99. The van der Waals surface area contributed by atoms with E-state index in [-0.39, 0.29) is 17.2 Å². The van der Waals surface area contributed by atoms with E-state index >= 15 is 0 Å². The molecule has 0 atom stereocenters. The number of halogens is 1. The Bertz CT molecular complexity index is 375. The van der Waals surface area contributed by atoms with Crippen LogP contribution in [0.2, 0.25) is 0 Å². The van der Waals surface area contributed by atoms with Crippen molar-refractivity contribution in [2.45, 2.75) is 19.8 Å². The van der Waals surface area contributed by atoms with Gasteiger partial charge in [0.25, 0.3) is 5.91 Å². The van der Waals surface area contributed by atoms with Gasteiger partial charge in [-0.15, -0.1) is 0 Å².